The van der Waals surface area contributed by atoms with Crippen molar-refractivity contribution >= 4 is 23.2 Å². The third-order valence-electron chi connectivity index (χ3n) is 3.48. The second-order valence-corrected chi connectivity index (χ2v) is 5.13. The minimum atomic E-state index is 0.147. The fraction of sp³-hybridized carbons (Fsp3) is 0.571. The van der Waals surface area contributed by atoms with Crippen LogP contribution in [0.5, 0.6) is 0 Å². The Balaban J connectivity index is 0.000000686. The van der Waals surface area contributed by atoms with Gasteiger partial charge in [0.25, 0.3) is 0 Å². The summed E-state index contributed by atoms with van der Waals surface area (Å²) in [7, 11) is 0. The van der Waals surface area contributed by atoms with E-state index >= 15 is 0 Å². The van der Waals surface area contributed by atoms with E-state index in [-0.39, 0.29) is 5.41 Å². The molecule has 0 aliphatic heterocycles. The highest BCUT2D eigenvalue weighted by Gasteiger charge is 2.34. The molecule has 0 spiro atoms. The molecule has 0 bridgehead atoms. The van der Waals surface area contributed by atoms with Gasteiger partial charge in [-0.3, -0.25) is 0 Å². The van der Waals surface area contributed by atoms with Crippen molar-refractivity contribution in [3.05, 3.63) is 33.8 Å². The van der Waals surface area contributed by atoms with Crippen molar-refractivity contribution in [2.75, 3.05) is 6.54 Å². The van der Waals surface area contributed by atoms with Crippen molar-refractivity contribution in [1.82, 2.24) is 0 Å². The van der Waals surface area contributed by atoms with Gasteiger partial charge in [-0.05, 0) is 30.5 Å². The van der Waals surface area contributed by atoms with Crippen LogP contribution in [0.4, 0.5) is 0 Å². The molecule has 0 aromatic heterocycles. The molecule has 0 heterocycles. The number of hydrogen-bond donors (Lipinski definition) is 1. The SMILES string of the molecule is CC.NCC1(c2ccc(Cl)c(Cl)c2)CCCC1. The van der Waals surface area contributed by atoms with Gasteiger partial charge in [-0.25, -0.2) is 0 Å². The van der Waals surface area contributed by atoms with Gasteiger partial charge in [0.15, 0.2) is 0 Å². The first-order valence-electron chi connectivity index (χ1n) is 6.33. The lowest BCUT2D eigenvalue weighted by molar-refractivity contribution is 0.453. The second-order valence-electron chi connectivity index (χ2n) is 4.32. The van der Waals surface area contributed by atoms with Gasteiger partial charge < -0.3 is 5.73 Å². The number of benzene rings is 1. The Labute approximate surface area is 114 Å². The summed E-state index contributed by atoms with van der Waals surface area (Å²) in [6, 6.07) is 5.91. The molecule has 17 heavy (non-hydrogen) atoms. The van der Waals surface area contributed by atoms with Gasteiger partial charge in [0.1, 0.15) is 0 Å². The topological polar surface area (TPSA) is 26.0 Å². The molecule has 1 aromatic carbocycles. The summed E-state index contributed by atoms with van der Waals surface area (Å²) >= 11 is 12.0. The molecular formula is C14H21Cl2N. The fourth-order valence-corrected chi connectivity index (χ4v) is 2.79. The van der Waals surface area contributed by atoms with Gasteiger partial charge in [-0.2, -0.15) is 0 Å². The third-order valence-corrected chi connectivity index (χ3v) is 4.22. The zero-order chi connectivity index (χ0) is 12.9. The predicted molar refractivity (Wildman–Crippen MR) is 77.0 cm³/mol. The maximum absolute atomic E-state index is 6.04. The monoisotopic (exact) mass is 273 g/mol. The Morgan fingerprint density at radius 3 is 2.18 bits per heavy atom. The molecule has 2 N–H and O–H groups in total. The van der Waals surface area contributed by atoms with Crippen LogP contribution in [0, 0.1) is 0 Å². The van der Waals surface area contributed by atoms with E-state index in [2.05, 4.69) is 6.07 Å². The second kappa shape index (κ2) is 6.63. The molecule has 1 aliphatic rings. The summed E-state index contributed by atoms with van der Waals surface area (Å²) in [5.74, 6) is 0. The maximum atomic E-state index is 6.04. The zero-order valence-corrected chi connectivity index (χ0v) is 12.1. The first-order valence-corrected chi connectivity index (χ1v) is 7.09. The van der Waals surface area contributed by atoms with Gasteiger partial charge in [0.05, 0.1) is 10.0 Å². The van der Waals surface area contributed by atoms with Crippen LogP contribution in [0.25, 0.3) is 0 Å². The molecule has 96 valence electrons. The standard InChI is InChI=1S/C12H15Cl2N.C2H6/c13-10-4-3-9(7-11(10)14)12(8-15)5-1-2-6-12;1-2/h3-4,7H,1-2,5-6,8,15H2;1-2H3. The molecule has 1 aliphatic carbocycles. The highest BCUT2D eigenvalue weighted by atomic mass is 35.5. The minimum Gasteiger partial charge on any atom is -0.330 e. The van der Waals surface area contributed by atoms with Crippen molar-refractivity contribution < 1.29 is 0 Å². The van der Waals surface area contributed by atoms with Gasteiger partial charge in [-0.1, -0.05) is 56.0 Å². The quantitative estimate of drug-likeness (QED) is 0.824. The van der Waals surface area contributed by atoms with E-state index in [1.54, 1.807) is 0 Å². The molecule has 0 amide bonds. The maximum Gasteiger partial charge on any atom is 0.0595 e. The summed E-state index contributed by atoms with van der Waals surface area (Å²) in [5, 5.41) is 1.25. The molecule has 2 rings (SSSR count). The van der Waals surface area contributed by atoms with Crippen molar-refractivity contribution in [3.8, 4) is 0 Å². The molecule has 0 unspecified atom stereocenters. The molecule has 0 atom stereocenters. The number of halogens is 2. The van der Waals surface area contributed by atoms with Crippen molar-refractivity contribution in [1.29, 1.82) is 0 Å². The number of nitrogens with two attached hydrogens (primary N) is 1. The Morgan fingerprint density at radius 1 is 1.12 bits per heavy atom. The molecule has 0 saturated heterocycles. The molecule has 1 nitrogen and oxygen atoms in total. The molecule has 1 saturated carbocycles. The van der Waals surface area contributed by atoms with E-state index in [0.717, 1.165) is 0 Å². The van der Waals surface area contributed by atoms with Crippen LogP contribution in [0.1, 0.15) is 45.1 Å². The van der Waals surface area contributed by atoms with Crippen molar-refractivity contribution in [2.24, 2.45) is 5.73 Å². The Morgan fingerprint density at radius 2 is 1.71 bits per heavy atom. The van der Waals surface area contributed by atoms with Crippen molar-refractivity contribution in [3.63, 3.8) is 0 Å². The smallest absolute Gasteiger partial charge is 0.0595 e. The van der Waals surface area contributed by atoms with Crippen LogP contribution in [-0.2, 0) is 5.41 Å². The lowest BCUT2D eigenvalue weighted by Crippen LogP contribution is -2.31. The van der Waals surface area contributed by atoms with Crippen molar-refractivity contribution in [2.45, 2.75) is 44.9 Å². The summed E-state index contributed by atoms with van der Waals surface area (Å²) in [6.45, 7) is 4.70. The molecular weight excluding hydrogens is 253 g/mol. The third kappa shape index (κ3) is 3.15. The highest BCUT2D eigenvalue weighted by Crippen LogP contribution is 2.41. The van der Waals surface area contributed by atoms with Gasteiger partial charge in [0, 0.05) is 12.0 Å². The van der Waals surface area contributed by atoms with E-state index in [0.29, 0.717) is 16.6 Å². The molecule has 0 radical (unpaired) electrons. The van der Waals surface area contributed by atoms with E-state index in [9.17, 15) is 0 Å². The summed E-state index contributed by atoms with van der Waals surface area (Å²) in [5.41, 5.74) is 7.31. The largest absolute Gasteiger partial charge is 0.330 e. The number of rotatable bonds is 2. The summed E-state index contributed by atoms with van der Waals surface area (Å²) in [4.78, 5) is 0. The van der Waals surface area contributed by atoms with Crippen LogP contribution in [0.2, 0.25) is 10.0 Å². The fourth-order valence-electron chi connectivity index (χ4n) is 2.49. The zero-order valence-electron chi connectivity index (χ0n) is 10.6. The van der Waals surface area contributed by atoms with E-state index in [4.69, 9.17) is 28.9 Å². The van der Waals surface area contributed by atoms with Gasteiger partial charge in [0.2, 0.25) is 0 Å². The first-order chi connectivity index (χ1) is 8.18. The first kappa shape index (κ1) is 14.8. The lowest BCUT2D eigenvalue weighted by Gasteiger charge is -2.28. The van der Waals surface area contributed by atoms with E-state index in [1.165, 1.54) is 31.2 Å². The van der Waals surface area contributed by atoms with Gasteiger partial charge in [-0.15, -0.1) is 0 Å². The minimum absolute atomic E-state index is 0.147. The molecule has 3 heteroatoms. The van der Waals surface area contributed by atoms with E-state index in [1.807, 2.05) is 26.0 Å². The highest BCUT2D eigenvalue weighted by molar-refractivity contribution is 6.42. The summed E-state index contributed by atoms with van der Waals surface area (Å²) < 4.78 is 0. The molecule has 1 aromatic rings. The van der Waals surface area contributed by atoms with Gasteiger partial charge >= 0.3 is 0 Å². The van der Waals surface area contributed by atoms with Crippen LogP contribution >= 0.6 is 23.2 Å². The van der Waals surface area contributed by atoms with Crippen LogP contribution in [0.3, 0.4) is 0 Å². The number of hydrogen-bond acceptors (Lipinski definition) is 1. The average Bonchev–Trinajstić information content (AvgIpc) is 2.85. The van der Waals surface area contributed by atoms with Crippen LogP contribution in [0.15, 0.2) is 18.2 Å². The normalized spacial score (nSPS) is 17.5. The summed E-state index contributed by atoms with van der Waals surface area (Å²) in [6.07, 6.45) is 4.86. The predicted octanol–water partition coefficient (Wildman–Crippen LogP) is 4.79. The Hall–Kier alpha value is -0.240. The Bertz CT molecular complexity index is 357. The average molecular weight is 274 g/mol. The van der Waals surface area contributed by atoms with E-state index < -0.39 is 0 Å². The van der Waals surface area contributed by atoms with Crippen LogP contribution in [-0.4, -0.2) is 6.54 Å². The Kier molecular flexibility index (Phi) is 5.78. The molecule has 1 fully saturated rings. The van der Waals surface area contributed by atoms with Crippen LogP contribution < -0.4 is 5.73 Å². The lowest BCUT2D eigenvalue weighted by atomic mass is 9.79.